The van der Waals surface area contributed by atoms with Gasteiger partial charge in [-0.1, -0.05) is 6.92 Å². The number of nitrogens with zero attached hydrogens (tertiary/aromatic N) is 3. The van der Waals surface area contributed by atoms with E-state index in [1.165, 1.54) is 13.0 Å². The smallest absolute Gasteiger partial charge is 0.137 e. The van der Waals surface area contributed by atoms with E-state index in [9.17, 15) is 0 Å². The number of aromatic nitrogens is 2. The molecule has 1 aliphatic heterocycles. The minimum atomic E-state index is 0.484. The van der Waals surface area contributed by atoms with E-state index in [0.29, 0.717) is 6.04 Å². The molecule has 0 saturated carbocycles. The van der Waals surface area contributed by atoms with Crippen LogP contribution in [0.5, 0.6) is 0 Å². The van der Waals surface area contributed by atoms with Gasteiger partial charge in [-0.2, -0.15) is 0 Å². The number of rotatable bonds is 4. The Hall–Kier alpha value is -1.88. The van der Waals surface area contributed by atoms with Gasteiger partial charge >= 0.3 is 0 Å². The van der Waals surface area contributed by atoms with Crippen LogP contribution in [-0.4, -0.2) is 40.5 Å². The summed E-state index contributed by atoms with van der Waals surface area (Å²) >= 11 is 0. The molecular weight excluding hydrogens is 262 g/mol. The standard InChI is InChI=1S/C16H23N5/c1-2-7-21-8-5-13(6-9-21)20-16-14-10-12(17)3-4-15(14)18-11-19-16/h3-4,10-11,13H,2,5-9,17H2,1H3,(H,18,19,20). The first kappa shape index (κ1) is 14.1. The fourth-order valence-corrected chi connectivity index (χ4v) is 3.00. The molecule has 0 amide bonds. The quantitative estimate of drug-likeness (QED) is 0.845. The molecule has 1 aromatic carbocycles. The Labute approximate surface area is 125 Å². The van der Waals surface area contributed by atoms with Crippen LogP contribution in [0.1, 0.15) is 26.2 Å². The maximum Gasteiger partial charge on any atom is 0.137 e. The molecule has 2 heterocycles. The van der Waals surface area contributed by atoms with Crippen LogP contribution < -0.4 is 11.1 Å². The van der Waals surface area contributed by atoms with Gasteiger partial charge in [-0.05, 0) is 44.0 Å². The summed E-state index contributed by atoms with van der Waals surface area (Å²) in [5.74, 6) is 0.904. The average molecular weight is 285 g/mol. The summed E-state index contributed by atoms with van der Waals surface area (Å²) in [7, 11) is 0. The summed E-state index contributed by atoms with van der Waals surface area (Å²) in [6.45, 7) is 5.77. The zero-order chi connectivity index (χ0) is 14.7. The van der Waals surface area contributed by atoms with Gasteiger partial charge in [0.1, 0.15) is 12.1 Å². The van der Waals surface area contributed by atoms with E-state index in [-0.39, 0.29) is 0 Å². The number of fused-ring (bicyclic) bond motifs is 1. The predicted molar refractivity (Wildman–Crippen MR) is 87.3 cm³/mol. The fourth-order valence-electron chi connectivity index (χ4n) is 3.00. The number of likely N-dealkylation sites (tertiary alicyclic amines) is 1. The van der Waals surface area contributed by atoms with Gasteiger partial charge < -0.3 is 16.0 Å². The molecule has 0 aliphatic carbocycles. The SMILES string of the molecule is CCCN1CCC(Nc2ncnc3ccc(N)cc23)CC1. The zero-order valence-corrected chi connectivity index (χ0v) is 12.5. The first-order valence-corrected chi connectivity index (χ1v) is 7.75. The normalized spacial score (nSPS) is 17.2. The molecule has 1 fully saturated rings. The van der Waals surface area contributed by atoms with Crippen molar-refractivity contribution in [1.29, 1.82) is 0 Å². The number of hydrogen-bond donors (Lipinski definition) is 2. The highest BCUT2D eigenvalue weighted by atomic mass is 15.1. The molecular formula is C16H23N5. The van der Waals surface area contributed by atoms with Gasteiger partial charge in [0.2, 0.25) is 0 Å². The topological polar surface area (TPSA) is 67.1 Å². The predicted octanol–water partition coefficient (Wildman–Crippen LogP) is 2.50. The van der Waals surface area contributed by atoms with Gasteiger partial charge in [0, 0.05) is 30.2 Å². The monoisotopic (exact) mass is 285 g/mol. The molecule has 5 heteroatoms. The summed E-state index contributed by atoms with van der Waals surface area (Å²) in [5, 5.41) is 4.59. The lowest BCUT2D eigenvalue weighted by atomic mass is 10.0. The molecule has 3 N–H and O–H groups in total. The second kappa shape index (κ2) is 6.26. The molecule has 112 valence electrons. The van der Waals surface area contributed by atoms with Crippen molar-refractivity contribution in [2.45, 2.75) is 32.2 Å². The summed E-state index contributed by atoms with van der Waals surface area (Å²) in [6.07, 6.45) is 5.17. The Morgan fingerprint density at radius 1 is 1.29 bits per heavy atom. The van der Waals surface area contributed by atoms with Crippen molar-refractivity contribution >= 4 is 22.4 Å². The largest absolute Gasteiger partial charge is 0.399 e. The van der Waals surface area contributed by atoms with Crippen LogP contribution >= 0.6 is 0 Å². The van der Waals surface area contributed by atoms with Gasteiger partial charge in [-0.25, -0.2) is 9.97 Å². The van der Waals surface area contributed by atoms with Crippen LogP contribution in [0.2, 0.25) is 0 Å². The van der Waals surface area contributed by atoms with E-state index in [1.807, 2.05) is 18.2 Å². The second-order valence-electron chi connectivity index (χ2n) is 5.76. The number of benzene rings is 1. The Balaban J connectivity index is 1.72. The molecule has 2 aromatic rings. The van der Waals surface area contributed by atoms with Crippen molar-refractivity contribution in [2.75, 3.05) is 30.7 Å². The molecule has 0 unspecified atom stereocenters. The molecule has 0 atom stereocenters. The van der Waals surface area contributed by atoms with E-state index in [4.69, 9.17) is 5.73 Å². The van der Waals surface area contributed by atoms with E-state index < -0.39 is 0 Å². The van der Waals surface area contributed by atoms with Crippen LogP contribution in [0.3, 0.4) is 0 Å². The van der Waals surface area contributed by atoms with Crippen molar-refractivity contribution in [1.82, 2.24) is 14.9 Å². The highest BCUT2D eigenvalue weighted by molar-refractivity contribution is 5.91. The van der Waals surface area contributed by atoms with Gasteiger partial charge in [0.25, 0.3) is 0 Å². The van der Waals surface area contributed by atoms with Gasteiger partial charge in [-0.15, -0.1) is 0 Å². The molecule has 21 heavy (non-hydrogen) atoms. The highest BCUT2D eigenvalue weighted by Crippen LogP contribution is 2.24. The molecule has 1 aliphatic rings. The van der Waals surface area contributed by atoms with Gasteiger partial charge in [0.15, 0.2) is 0 Å². The third-order valence-electron chi connectivity index (χ3n) is 4.13. The summed E-state index contributed by atoms with van der Waals surface area (Å²) in [4.78, 5) is 11.2. The van der Waals surface area contributed by atoms with Crippen LogP contribution in [0.15, 0.2) is 24.5 Å². The van der Waals surface area contributed by atoms with E-state index in [0.717, 1.165) is 48.3 Å². The summed E-state index contributed by atoms with van der Waals surface area (Å²) in [5.41, 5.74) is 7.57. The molecule has 5 nitrogen and oxygen atoms in total. The van der Waals surface area contributed by atoms with Crippen molar-refractivity contribution in [3.63, 3.8) is 0 Å². The molecule has 1 saturated heterocycles. The van der Waals surface area contributed by atoms with Crippen LogP contribution in [0, 0.1) is 0 Å². The first-order valence-electron chi connectivity index (χ1n) is 7.75. The fraction of sp³-hybridized carbons (Fsp3) is 0.500. The third kappa shape index (κ3) is 3.24. The lowest BCUT2D eigenvalue weighted by Gasteiger charge is -2.32. The van der Waals surface area contributed by atoms with Crippen molar-refractivity contribution < 1.29 is 0 Å². The average Bonchev–Trinajstić information content (AvgIpc) is 2.50. The minimum absolute atomic E-state index is 0.484. The summed E-state index contributed by atoms with van der Waals surface area (Å²) < 4.78 is 0. The molecule has 0 radical (unpaired) electrons. The van der Waals surface area contributed by atoms with Crippen LogP contribution in [-0.2, 0) is 0 Å². The maximum atomic E-state index is 5.89. The van der Waals surface area contributed by atoms with Crippen LogP contribution in [0.25, 0.3) is 10.9 Å². The van der Waals surface area contributed by atoms with Crippen molar-refractivity contribution in [3.8, 4) is 0 Å². The number of nitrogens with one attached hydrogen (secondary N) is 1. The number of piperidine rings is 1. The number of hydrogen-bond acceptors (Lipinski definition) is 5. The Morgan fingerprint density at radius 3 is 2.86 bits per heavy atom. The molecule has 3 rings (SSSR count). The van der Waals surface area contributed by atoms with Gasteiger partial charge in [0.05, 0.1) is 5.52 Å². The summed E-state index contributed by atoms with van der Waals surface area (Å²) in [6, 6.07) is 6.26. The molecule has 0 bridgehead atoms. The Bertz CT molecular complexity index is 605. The lowest BCUT2D eigenvalue weighted by molar-refractivity contribution is 0.219. The number of nitrogens with two attached hydrogens (primary N) is 1. The van der Waals surface area contributed by atoms with Crippen LogP contribution in [0.4, 0.5) is 11.5 Å². The molecule has 0 spiro atoms. The van der Waals surface area contributed by atoms with Crippen molar-refractivity contribution in [2.24, 2.45) is 0 Å². The third-order valence-corrected chi connectivity index (χ3v) is 4.13. The molecule has 1 aromatic heterocycles. The lowest BCUT2D eigenvalue weighted by Crippen LogP contribution is -2.39. The Kier molecular flexibility index (Phi) is 4.20. The zero-order valence-electron chi connectivity index (χ0n) is 12.5. The minimum Gasteiger partial charge on any atom is -0.399 e. The van der Waals surface area contributed by atoms with Crippen molar-refractivity contribution in [3.05, 3.63) is 24.5 Å². The van der Waals surface area contributed by atoms with E-state index in [1.54, 1.807) is 6.33 Å². The highest BCUT2D eigenvalue weighted by Gasteiger charge is 2.19. The second-order valence-corrected chi connectivity index (χ2v) is 5.76. The van der Waals surface area contributed by atoms with E-state index in [2.05, 4.69) is 27.1 Å². The maximum absolute atomic E-state index is 5.89. The number of nitrogen functional groups attached to an aromatic ring is 1. The van der Waals surface area contributed by atoms with Gasteiger partial charge in [-0.3, -0.25) is 0 Å². The first-order chi connectivity index (χ1) is 10.3. The van der Waals surface area contributed by atoms with E-state index >= 15 is 0 Å². The number of anilines is 2. The Morgan fingerprint density at radius 2 is 2.10 bits per heavy atom.